The summed E-state index contributed by atoms with van der Waals surface area (Å²) in [7, 11) is -1.68. The first kappa shape index (κ1) is 19.4. The SMILES string of the molecule is COC(=O)[C@H](C)N/C=C1\C(=O)N(C)Cc2cc([N+](=O)[O-])ccc2S1(=O)=O. The number of likely N-dealkylation sites (N-methyl/N-ethyl adjacent to an activating group) is 1. The second-order valence-electron chi connectivity index (χ2n) is 5.63. The third-order valence-corrected chi connectivity index (χ3v) is 5.67. The summed E-state index contributed by atoms with van der Waals surface area (Å²) in [4.78, 5) is 34.6. The van der Waals surface area contributed by atoms with Crippen molar-refractivity contribution in [3.8, 4) is 0 Å². The number of non-ortho nitro benzene ring substituents is 1. The second-order valence-corrected chi connectivity index (χ2v) is 7.52. The molecule has 2 rings (SSSR count). The van der Waals surface area contributed by atoms with Crippen molar-refractivity contribution in [1.82, 2.24) is 10.2 Å². The van der Waals surface area contributed by atoms with Gasteiger partial charge in [0.15, 0.2) is 4.91 Å². The Kier molecular flexibility index (Phi) is 5.30. The Labute approximate surface area is 149 Å². The number of hydrogen-bond donors (Lipinski definition) is 1. The van der Waals surface area contributed by atoms with Gasteiger partial charge in [-0.3, -0.25) is 14.9 Å². The predicted molar refractivity (Wildman–Crippen MR) is 89.5 cm³/mol. The van der Waals surface area contributed by atoms with E-state index in [1.807, 2.05) is 0 Å². The lowest BCUT2D eigenvalue weighted by Crippen LogP contribution is -2.34. The Morgan fingerprint density at radius 2 is 2.12 bits per heavy atom. The van der Waals surface area contributed by atoms with Crippen molar-refractivity contribution in [1.29, 1.82) is 0 Å². The molecule has 1 aromatic carbocycles. The van der Waals surface area contributed by atoms with Gasteiger partial charge in [-0.2, -0.15) is 0 Å². The predicted octanol–water partition coefficient (Wildman–Crippen LogP) is 0.333. The van der Waals surface area contributed by atoms with Crippen LogP contribution in [0.5, 0.6) is 0 Å². The minimum absolute atomic E-state index is 0.112. The van der Waals surface area contributed by atoms with Crippen LogP contribution in [0.25, 0.3) is 0 Å². The first-order valence-electron chi connectivity index (χ1n) is 7.41. The van der Waals surface area contributed by atoms with Crippen molar-refractivity contribution in [2.24, 2.45) is 0 Å². The van der Waals surface area contributed by atoms with E-state index in [0.29, 0.717) is 0 Å². The van der Waals surface area contributed by atoms with Gasteiger partial charge in [-0.05, 0) is 18.6 Å². The maximum atomic E-state index is 12.9. The van der Waals surface area contributed by atoms with Gasteiger partial charge >= 0.3 is 5.97 Å². The minimum atomic E-state index is -4.24. The highest BCUT2D eigenvalue weighted by Crippen LogP contribution is 2.31. The van der Waals surface area contributed by atoms with E-state index in [1.165, 1.54) is 21.1 Å². The number of esters is 1. The monoisotopic (exact) mass is 383 g/mol. The average Bonchev–Trinajstić information content (AvgIpc) is 2.65. The molecule has 1 aromatic rings. The van der Waals surface area contributed by atoms with Gasteiger partial charge in [0.05, 0.1) is 16.9 Å². The van der Waals surface area contributed by atoms with E-state index in [2.05, 4.69) is 10.1 Å². The highest BCUT2D eigenvalue weighted by Gasteiger charge is 2.36. The quantitative estimate of drug-likeness (QED) is 0.340. The molecule has 140 valence electrons. The van der Waals surface area contributed by atoms with Crippen LogP contribution in [-0.2, 0) is 30.7 Å². The van der Waals surface area contributed by atoms with E-state index >= 15 is 0 Å². The van der Waals surface area contributed by atoms with E-state index in [0.717, 1.165) is 29.3 Å². The molecule has 1 aliphatic heterocycles. The van der Waals surface area contributed by atoms with Gasteiger partial charge in [0.25, 0.3) is 11.6 Å². The molecule has 0 spiro atoms. The van der Waals surface area contributed by atoms with E-state index in [-0.39, 0.29) is 22.7 Å². The van der Waals surface area contributed by atoms with Crippen LogP contribution in [0.15, 0.2) is 34.2 Å². The molecule has 26 heavy (non-hydrogen) atoms. The molecule has 1 aliphatic rings. The van der Waals surface area contributed by atoms with Gasteiger partial charge in [-0.15, -0.1) is 0 Å². The maximum Gasteiger partial charge on any atom is 0.327 e. The molecule has 1 N–H and O–H groups in total. The van der Waals surface area contributed by atoms with Crippen LogP contribution in [-0.4, -0.2) is 50.3 Å². The summed E-state index contributed by atoms with van der Waals surface area (Å²) in [6.45, 7) is 1.33. The number of carbonyl (C=O) groups excluding carboxylic acids is 2. The molecular weight excluding hydrogens is 366 g/mol. The Hall–Kier alpha value is -2.95. The largest absolute Gasteiger partial charge is 0.467 e. The molecule has 0 radical (unpaired) electrons. The molecule has 0 fully saturated rings. The molecule has 1 amide bonds. The number of amides is 1. The zero-order valence-electron chi connectivity index (χ0n) is 14.3. The highest BCUT2D eigenvalue weighted by atomic mass is 32.2. The average molecular weight is 383 g/mol. The summed E-state index contributed by atoms with van der Waals surface area (Å²) in [5.74, 6) is -1.43. The molecule has 11 heteroatoms. The van der Waals surface area contributed by atoms with Crippen molar-refractivity contribution < 1.29 is 27.7 Å². The van der Waals surface area contributed by atoms with Crippen molar-refractivity contribution in [3.05, 3.63) is 45.0 Å². The maximum absolute atomic E-state index is 12.9. The van der Waals surface area contributed by atoms with Crippen LogP contribution in [0.4, 0.5) is 5.69 Å². The summed E-state index contributed by atoms with van der Waals surface area (Å²) < 4.78 is 30.3. The van der Waals surface area contributed by atoms with Gasteiger partial charge < -0.3 is 15.0 Å². The number of fused-ring (bicyclic) bond motifs is 1. The lowest BCUT2D eigenvalue weighted by atomic mass is 10.2. The van der Waals surface area contributed by atoms with Crippen LogP contribution < -0.4 is 5.32 Å². The minimum Gasteiger partial charge on any atom is -0.467 e. The number of nitro groups is 1. The number of hydrogen-bond acceptors (Lipinski definition) is 8. The third kappa shape index (κ3) is 3.52. The number of nitrogens with one attached hydrogen (secondary N) is 1. The van der Waals surface area contributed by atoms with Gasteiger partial charge in [-0.25, -0.2) is 13.2 Å². The standard InChI is InChI=1S/C15H17N3O7S/c1-9(15(20)25-3)16-7-13-14(19)17(2)8-10-6-11(18(21)22)4-5-12(10)26(13,23)24/h4-7,9,16H,8H2,1-3H3/b13-7+/t9-/m0/s1. The number of sulfone groups is 1. The van der Waals surface area contributed by atoms with Crippen LogP contribution in [0, 0.1) is 10.1 Å². The zero-order valence-corrected chi connectivity index (χ0v) is 15.1. The number of rotatable bonds is 4. The van der Waals surface area contributed by atoms with E-state index in [9.17, 15) is 28.1 Å². The first-order chi connectivity index (χ1) is 12.1. The summed E-state index contributed by atoms with van der Waals surface area (Å²) in [5.41, 5.74) is -0.135. The first-order valence-corrected chi connectivity index (χ1v) is 8.89. The molecule has 0 aliphatic carbocycles. The van der Waals surface area contributed by atoms with Crippen LogP contribution in [0.3, 0.4) is 0 Å². The number of nitrogens with zero attached hydrogens (tertiary/aromatic N) is 2. The summed E-state index contributed by atoms with van der Waals surface area (Å²) >= 11 is 0. The molecule has 0 unspecified atom stereocenters. The zero-order chi connectivity index (χ0) is 19.6. The van der Waals surface area contributed by atoms with Gasteiger partial charge in [0.2, 0.25) is 9.84 Å². The fraction of sp³-hybridized carbons (Fsp3) is 0.333. The molecule has 1 heterocycles. The third-order valence-electron chi connectivity index (χ3n) is 3.82. The molecular formula is C15H17N3O7S. The molecule has 0 bridgehead atoms. The van der Waals surface area contributed by atoms with Crippen LogP contribution >= 0.6 is 0 Å². The lowest BCUT2D eigenvalue weighted by Gasteiger charge is -2.15. The molecule has 0 aromatic heterocycles. The van der Waals surface area contributed by atoms with Crippen LogP contribution in [0.2, 0.25) is 0 Å². The number of nitro benzene ring substituents is 1. The molecule has 0 saturated heterocycles. The number of ether oxygens (including phenoxy) is 1. The Balaban J connectivity index is 2.55. The molecule has 0 saturated carbocycles. The number of benzene rings is 1. The fourth-order valence-corrected chi connectivity index (χ4v) is 3.96. The normalized spacial score (nSPS) is 18.7. The Morgan fingerprint density at radius 3 is 2.69 bits per heavy atom. The number of methoxy groups -OCH3 is 1. The van der Waals surface area contributed by atoms with Gasteiger partial charge in [0, 0.05) is 31.9 Å². The molecule has 1 atom stereocenters. The summed E-state index contributed by atoms with van der Waals surface area (Å²) in [6, 6.07) is 2.42. The Morgan fingerprint density at radius 1 is 1.46 bits per heavy atom. The highest BCUT2D eigenvalue weighted by molar-refractivity contribution is 7.96. The van der Waals surface area contributed by atoms with Crippen molar-refractivity contribution >= 4 is 27.4 Å². The van der Waals surface area contributed by atoms with Gasteiger partial charge in [-0.1, -0.05) is 0 Å². The second kappa shape index (κ2) is 7.12. The summed E-state index contributed by atoms with van der Waals surface area (Å²) in [5, 5.41) is 13.5. The van der Waals surface area contributed by atoms with Crippen molar-refractivity contribution in [3.63, 3.8) is 0 Å². The smallest absolute Gasteiger partial charge is 0.327 e. The van der Waals surface area contributed by atoms with Crippen LogP contribution in [0.1, 0.15) is 12.5 Å². The lowest BCUT2D eigenvalue weighted by molar-refractivity contribution is -0.385. The summed E-state index contributed by atoms with van der Waals surface area (Å²) in [6.07, 6.45) is 0.951. The topological polar surface area (TPSA) is 136 Å². The van der Waals surface area contributed by atoms with Crippen molar-refractivity contribution in [2.45, 2.75) is 24.4 Å². The Bertz CT molecular complexity index is 908. The van der Waals surface area contributed by atoms with Crippen molar-refractivity contribution in [2.75, 3.05) is 14.2 Å². The molecule has 10 nitrogen and oxygen atoms in total. The number of carbonyl (C=O) groups is 2. The van der Waals surface area contributed by atoms with E-state index in [1.54, 1.807) is 0 Å². The fourth-order valence-electron chi connectivity index (χ4n) is 2.40. The van der Waals surface area contributed by atoms with E-state index in [4.69, 9.17) is 0 Å². The van der Waals surface area contributed by atoms with E-state index < -0.39 is 37.6 Å². The van der Waals surface area contributed by atoms with Gasteiger partial charge in [0.1, 0.15) is 6.04 Å².